The molecule has 1 aliphatic rings. The van der Waals surface area contributed by atoms with Crippen LogP contribution in [0, 0.1) is 0 Å². The molecule has 0 unspecified atom stereocenters. The normalized spacial score (nSPS) is 16.9. The van der Waals surface area contributed by atoms with E-state index in [9.17, 15) is 4.79 Å². The van der Waals surface area contributed by atoms with Crippen molar-refractivity contribution in [1.82, 2.24) is 4.90 Å². The molecule has 0 saturated carbocycles. The molecule has 17 heavy (non-hydrogen) atoms. The summed E-state index contributed by atoms with van der Waals surface area (Å²) in [6.07, 6.45) is 4.44. The summed E-state index contributed by atoms with van der Waals surface area (Å²) in [5, 5.41) is 0. The number of ketones is 1. The Balaban J connectivity index is 1.87. The zero-order valence-corrected chi connectivity index (χ0v) is 10.2. The van der Waals surface area contributed by atoms with Gasteiger partial charge in [-0.2, -0.15) is 0 Å². The van der Waals surface area contributed by atoms with Crippen molar-refractivity contribution in [3.05, 3.63) is 29.8 Å². The molecule has 1 fully saturated rings. The van der Waals surface area contributed by atoms with E-state index in [1.807, 2.05) is 18.2 Å². The summed E-state index contributed by atoms with van der Waals surface area (Å²) in [7, 11) is 0. The van der Waals surface area contributed by atoms with Gasteiger partial charge in [0.15, 0.2) is 5.78 Å². The SMILES string of the molecule is Nc1ccccc1C(=O)CCN1CCCCC1. The Morgan fingerprint density at radius 1 is 1.18 bits per heavy atom. The third-order valence-corrected chi connectivity index (χ3v) is 3.36. The smallest absolute Gasteiger partial charge is 0.166 e. The summed E-state index contributed by atoms with van der Waals surface area (Å²) >= 11 is 0. The number of piperidine rings is 1. The monoisotopic (exact) mass is 232 g/mol. The van der Waals surface area contributed by atoms with Crippen LogP contribution in [0.4, 0.5) is 5.69 Å². The number of hydrogen-bond acceptors (Lipinski definition) is 3. The lowest BCUT2D eigenvalue weighted by molar-refractivity contribution is 0.0959. The van der Waals surface area contributed by atoms with Crippen molar-refractivity contribution in [3.8, 4) is 0 Å². The van der Waals surface area contributed by atoms with Crippen molar-refractivity contribution in [2.75, 3.05) is 25.4 Å². The van der Waals surface area contributed by atoms with Gasteiger partial charge in [-0.3, -0.25) is 4.79 Å². The Labute approximate surface area is 103 Å². The van der Waals surface area contributed by atoms with Crippen molar-refractivity contribution < 1.29 is 4.79 Å². The Bertz CT molecular complexity index is 384. The number of carbonyl (C=O) groups excluding carboxylic acids is 1. The van der Waals surface area contributed by atoms with Gasteiger partial charge in [0, 0.05) is 24.2 Å². The highest BCUT2D eigenvalue weighted by Gasteiger charge is 2.13. The summed E-state index contributed by atoms with van der Waals surface area (Å²) in [4.78, 5) is 14.4. The van der Waals surface area contributed by atoms with E-state index in [0.717, 1.165) is 19.6 Å². The molecule has 0 aliphatic carbocycles. The maximum atomic E-state index is 12.0. The lowest BCUT2D eigenvalue weighted by Gasteiger charge is -2.25. The van der Waals surface area contributed by atoms with E-state index in [1.54, 1.807) is 6.07 Å². The molecule has 2 rings (SSSR count). The Kier molecular flexibility index (Phi) is 4.15. The number of nitrogens with two attached hydrogens (primary N) is 1. The molecule has 3 heteroatoms. The number of para-hydroxylation sites is 1. The van der Waals surface area contributed by atoms with Gasteiger partial charge in [0.1, 0.15) is 0 Å². The first-order valence-corrected chi connectivity index (χ1v) is 6.37. The van der Waals surface area contributed by atoms with Gasteiger partial charge >= 0.3 is 0 Å². The van der Waals surface area contributed by atoms with Crippen LogP contribution in [-0.2, 0) is 0 Å². The van der Waals surface area contributed by atoms with E-state index in [2.05, 4.69) is 4.90 Å². The molecule has 2 N–H and O–H groups in total. The highest BCUT2D eigenvalue weighted by Crippen LogP contribution is 2.14. The molecular formula is C14H20N2O. The molecule has 1 aliphatic heterocycles. The number of benzene rings is 1. The summed E-state index contributed by atoms with van der Waals surface area (Å²) in [5.41, 5.74) is 7.06. The molecule has 0 amide bonds. The van der Waals surface area contributed by atoms with Crippen LogP contribution >= 0.6 is 0 Å². The predicted molar refractivity (Wildman–Crippen MR) is 70.1 cm³/mol. The van der Waals surface area contributed by atoms with E-state index >= 15 is 0 Å². The van der Waals surface area contributed by atoms with Gasteiger partial charge in [-0.25, -0.2) is 0 Å². The van der Waals surface area contributed by atoms with Crippen LogP contribution in [0.25, 0.3) is 0 Å². The fourth-order valence-corrected chi connectivity index (χ4v) is 2.33. The summed E-state index contributed by atoms with van der Waals surface area (Å²) < 4.78 is 0. The number of hydrogen-bond donors (Lipinski definition) is 1. The summed E-state index contributed by atoms with van der Waals surface area (Å²) in [6.45, 7) is 3.14. The van der Waals surface area contributed by atoms with Crippen LogP contribution < -0.4 is 5.73 Å². The fraction of sp³-hybridized carbons (Fsp3) is 0.500. The molecule has 0 bridgehead atoms. The largest absolute Gasteiger partial charge is 0.398 e. The molecule has 92 valence electrons. The van der Waals surface area contributed by atoms with E-state index in [-0.39, 0.29) is 5.78 Å². The zero-order valence-electron chi connectivity index (χ0n) is 10.2. The molecule has 0 spiro atoms. The second-order valence-corrected chi connectivity index (χ2v) is 4.66. The Morgan fingerprint density at radius 2 is 1.88 bits per heavy atom. The highest BCUT2D eigenvalue weighted by molar-refractivity contribution is 6.00. The molecule has 1 aromatic carbocycles. The predicted octanol–water partition coefficient (Wildman–Crippen LogP) is 2.33. The number of likely N-dealkylation sites (tertiary alicyclic amines) is 1. The minimum absolute atomic E-state index is 0.161. The first kappa shape index (κ1) is 12.1. The van der Waals surface area contributed by atoms with Crippen LogP contribution in [0.1, 0.15) is 36.0 Å². The minimum Gasteiger partial charge on any atom is -0.398 e. The summed E-state index contributed by atoms with van der Waals surface area (Å²) in [5.74, 6) is 0.161. The number of anilines is 1. The number of nitrogen functional groups attached to an aromatic ring is 1. The minimum atomic E-state index is 0.161. The van der Waals surface area contributed by atoms with E-state index in [4.69, 9.17) is 5.73 Å². The highest BCUT2D eigenvalue weighted by atomic mass is 16.1. The van der Waals surface area contributed by atoms with Gasteiger partial charge in [0.25, 0.3) is 0 Å². The van der Waals surface area contributed by atoms with Gasteiger partial charge in [-0.15, -0.1) is 0 Å². The molecule has 0 aromatic heterocycles. The lowest BCUT2D eigenvalue weighted by atomic mass is 10.1. The maximum absolute atomic E-state index is 12.0. The first-order chi connectivity index (χ1) is 8.27. The van der Waals surface area contributed by atoms with E-state index < -0.39 is 0 Å². The number of carbonyl (C=O) groups is 1. The number of rotatable bonds is 4. The number of nitrogens with zero attached hydrogens (tertiary/aromatic N) is 1. The second kappa shape index (κ2) is 5.82. The van der Waals surface area contributed by atoms with Gasteiger partial charge in [0.2, 0.25) is 0 Å². The van der Waals surface area contributed by atoms with E-state index in [0.29, 0.717) is 17.7 Å². The fourth-order valence-electron chi connectivity index (χ4n) is 2.33. The van der Waals surface area contributed by atoms with Crippen LogP contribution in [0.3, 0.4) is 0 Å². The molecular weight excluding hydrogens is 212 g/mol. The van der Waals surface area contributed by atoms with Crippen LogP contribution in [0.2, 0.25) is 0 Å². The average Bonchev–Trinajstić information content (AvgIpc) is 2.38. The topological polar surface area (TPSA) is 46.3 Å². The Hall–Kier alpha value is -1.35. The van der Waals surface area contributed by atoms with Gasteiger partial charge < -0.3 is 10.6 Å². The third kappa shape index (κ3) is 3.30. The first-order valence-electron chi connectivity index (χ1n) is 6.37. The van der Waals surface area contributed by atoms with E-state index in [1.165, 1.54) is 19.3 Å². The van der Waals surface area contributed by atoms with Crippen molar-refractivity contribution in [1.29, 1.82) is 0 Å². The number of Topliss-reactive ketones (excluding diaryl/α,β-unsaturated/α-hetero) is 1. The van der Waals surface area contributed by atoms with Gasteiger partial charge in [0.05, 0.1) is 0 Å². The van der Waals surface area contributed by atoms with Crippen molar-refractivity contribution in [2.45, 2.75) is 25.7 Å². The molecule has 1 saturated heterocycles. The quantitative estimate of drug-likeness (QED) is 0.640. The standard InChI is InChI=1S/C14H20N2O/c15-13-7-3-2-6-12(13)14(17)8-11-16-9-4-1-5-10-16/h2-3,6-7H,1,4-5,8-11,15H2. The second-order valence-electron chi connectivity index (χ2n) is 4.66. The van der Waals surface area contributed by atoms with Crippen molar-refractivity contribution >= 4 is 11.5 Å². The van der Waals surface area contributed by atoms with Crippen LogP contribution in [-0.4, -0.2) is 30.3 Å². The van der Waals surface area contributed by atoms with Crippen molar-refractivity contribution in [3.63, 3.8) is 0 Å². The third-order valence-electron chi connectivity index (χ3n) is 3.36. The maximum Gasteiger partial charge on any atom is 0.166 e. The van der Waals surface area contributed by atoms with Crippen molar-refractivity contribution in [2.24, 2.45) is 0 Å². The molecule has 3 nitrogen and oxygen atoms in total. The Morgan fingerprint density at radius 3 is 2.59 bits per heavy atom. The van der Waals surface area contributed by atoms with Gasteiger partial charge in [-0.1, -0.05) is 18.6 Å². The lowest BCUT2D eigenvalue weighted by Crippen LogP contribution is -2.31. The molecule has 1 heterocycles. The average molecular weight is 232 g/mol. The zero-order chi connectivity index (χ0) is 12.1. The van der Waals surface area contributed by atoms with Gasteiger partial charge in [-0.05, 0) is 38.1 Å². The van der Waals surface area contributed by atoms with Crippen LogP contribution in [0.15, 0.2) is 24.3 Å². The molecule has 0 atom stereocenters. The van der Waals surface area contributed by atoms with Crippen LogP contribution in [0.5, 0.6) is 0 Å². The molecule has 1 aromatic rings. The molecule has 0 radical (unpaired) electrons. The summed E-state index contributed by atoms with van der Waals surface area (Å²) in [6, 6.07) is 7.32.